The Bertz CT molecular complexity index is 1020. The Morgan fingerprint density at radius 1 is 0.288 bits per heavy atom. The lowest BCUT2D eigenvalue weighted by atomic mass is 10.0. The Kier molecular flexibility index (Phi) is 54.2. The SMILES string of the molecule is CCCCCCCC/C=C\CCCCCCCCCC(=O)OC[C@@H](COC(=O)CCCCCCCCCCCCCCCC)OC(=O)CCCCCCCCCCCCCCCCCCC. The summed E-state index contributed by atoms with van der Waals surface area (Å²) in [7, 11) is 0. The fourth-order valence-electron chi connectivity index (χ4n) is 9.03. The van der Waals surface area contributed by atoms with Crippen molar-refractivity contribution in [3.05, 3.63) is 12.2 Å². The van der Waals surface area contributed by atoms with Crippen LogP contribution in [0.15, 0.2) is 12.2 Å². The van der Waals surface area contributed by atoms with Crippen LogP contribution < -0.4 is 0 Å². The van der Waals surface area contributed by atoms with E-state index in [0.29, 0.717) is 19.3 Å². The highest BCUT2D eigenvalue weighted by Crippen LogP contribution is 2.17. The molecule has 390 valence electrons. The van der Waals surface area contributed by atoms with Gasteiger partial charge in [-0.1, -0.05) is 283 Å². The predicted octanol–water partition coefficient (Wildman–Crippen LogP) is 19.7. The van der Waals surface area contributed by atoms with E-state index in [1.54, 1.807) is 0 Å². The summed E-state index contributed by atoms with van der Waals surface area (Å²) in [5.74, 6) is -0.843. The molecule has 0 aromatic rings. The Balaban J connectivity index is 4.31. The molecule has 0 aromatic carbocycles. The summed E-state index contributed by atoms with van der Waals surface area (Å²) < 4.78 is 16.9. The lowest BCUT2D eigenvalue weighted by Gasteiger charge is -2.18. The zero-order chi connectivity index (χ0) is 47.9. The number of hydrogen-bond acceptors (Lipinski definition) is 6. The zero-order valence-corrected chi connectivity index (χ0v) is 44.7. The fraction of sp³-hybridized carbons (Fsp3) is 0.917. The van der Waals surface area contributed by atoms with Crippen molar-refractivity contribution < 1.29 is 28.6 Å². The van der Waals surface area contributed by atoms with E-state index < -0.39 is 6.10 Å². The van der Waals surface area contributed by atoms with Gasteiger partial charge in [-0.3, -0.25) is 14.4 Å². The van der Waals surface area contributed by atoms with Crippen LogP contribution >= 0.6 is 0 Å². The van der Waals surface area contributed by atoms with Crippen LogP contribution in [-0.4, -0.2) is 37.2 Å². The Labute approximate surface area is 411 Å². The molecule has 0 saturated heterocycles. The smallest absolute Gasteiger partial charge is 0.306 e. The number of rotatable bonds is 55. The minimum absolute atomic E-state index is 0.0651. The predicted molar refractivity (Wildman–Crippen MR) is 284 cm³/mol. The van der Waals surface area contributed by atoms with Crippen LogP contribution in [0.3, 0.4) is 0 Å². The molecule has 0 fully saturated rings. The van der Waals surface area contributed by atoms with Gasteiger partial charge in [0.25, 0.3) is 0 Å². The van der Waals surface area contributed by atoms with Gasteiger partial charge in [-0.05, 0) is 44.9 Å². The van der Waals surface area contributed by atoms with Crippen molar-refractivity contribution in [1.29, 1.82) is 0 Å². The van der Waals surface area contributed by atoms with E-state index in [2.05, 4.69) is 32.9 Å². The monoisotopic (exact) mass is 931 g/mol. The van der Waals surface area contributed by atoms with Gasteiger partial charge in [-0.15, -0.1) is 0 Å². The average molecular weight is 932 g/mol. The molecule has 0 bridgehead atoms. The summed E-state index contributed by atoms with van der Waals surface area (Å²) in [5.41, 5.74) is 0. The maximum atomic E-state index is 12.9. The lowest BCUT2D eigenvalue weighted by molar-refractivity contribution is -0.167. The topological polar surface area (TPSA) is 78.9 Å². The third-order valence-electron chi connectivity index (χ3n) is 13.5. The molecule has 0 rings (SSSR count). The van der Waals surface area contributed by atoms with Crippen LogP contribution in [0.5, 0.6) is 0 Å². The van der Waals surface area contributed by atoms with Crippen molar-refractivity contribution in [3.8, 4) is 0 Å². The summed E-state index contributed by atoms with van der Waals surface area (Å²) in [5, 5.41) is 0. The summed E-state index contributed by atoms with van der Waals surface area (Å²) in [6.45, 7) is 6.69. The van der Waals surface area contributed by atoms with E-state index in [-0.39, 0.29) is 31.1 Å². The summed E-state index contributed by atoms with van der Waals surface area (Å²) in [6, 6.07) is 0. The van der Waals surface area contributed by atoms with Crippen LogP contribution in [0.4, 0.5) is 0 Å². The quantitative estimate of drug-likeness (QED) is 0.0262. The van der Waals surface area contributed by atoms with Crippen LogP contribution in [0.25, 0.3) is 0 Å². The number of carbonyl (C=O) groups excluding carboxylic acids is 3. The van der Waals surface area contributed by atoms with Gasteiger partial charge >= 0.3 is 17.9 Å². The van der Waals surface area contributed by atoms with Crippen LogP contribution in [0, 0.1) is 0 Å². The molecule has 0 unspecified atom stereocenters. The second-order valence-electron chi connectivity index (χ2n) is 20.3. The summed E-state index contributed by atoms with van der Waals surface area (Å²) in [4.78, 5) is 38.2. The van der Waals surface area contributed by atoms with Crippen molar-refractivity contribution in [1.82, 2.24) is 0 Å². The molecule has 0 aromatic heterocycles. The van der Waals surface area contributed by atoms with Crippen molar-refractivity contribution in [3.63, 3.8) is 0 Å². The first-order valence-corrected chi connectivity index (χ1v) is 29.7. The average Bonchev–Trinajstić information content (AvgIpc) is 3.31. The van der Waals surface area contributed by atoms with E-state index in [1.807, 2.05) is 0 Å². The second kappa shape index (κ2) is 55.7. The Morgan fingerprint density at radius 3 is 0.758 bits per heavy atom. The zero-order valence-electron chi connectivity index (χ0n) is 44.7. The normalized spacial score (nSPS) is 12.0. The van der Waals surface area contributed by atoms with E-state index in [9.17, 15) is 14.4 Å². The first-order chi connectivity index (χ1) is 32.5. The maximum Gasteiger partial charge on any atom is 0.306 e. The molecule has 0 heterocycles. The maximum absolute atomic E-state index is 12.9. The third kappa shape index (κ3) is 53.1. The molecule has 6 nitrogen and oxygen atoms in total. The van der Waals surface area contributed by atoms with Crippen molar-refractivity contribution >= 4 is 17.9 Å². The second-order valence-corrected chi connectivity index (χ2v) is 20.3. The Hall–Kier alpha value is -1.85. The van der Waals surface area contributed by atoms with Gasteiger partial charge < -0.3 is 14.2 Å². The van der Waals surface area contributed by atoms with Gasteiger partial charge in [0.05, 0.1) is 0 Å². The number of esters is 3. The van der Waals surface area contributed by atoms with Gasteiger partial charge in [0.2, 0.25) is 0 Å². The minimum Gasteiger partial charge on any atom is -0.462 e. The van der Waals surface area contributed by atoms with Gasteiger partial charge in [0.15, 0.2) is 6.10 Å². The van der Waals surface area contributed by atoms with Crippen molar-refractivity contribution in [2.24, 2.45) is 0 Å². The molecular weight excluding hydrogens is 817 g/mol. The summed E-state index contributed by atoms with van der Waals surface area (Å²) in [6.07, 6.45) is 63.4. The first-order valence-electron chi connectivity index (χ1n) is 29.7. The number of ether oxygens (including phenoxy) is 3. The molecule has 0 aliphatic heterocycles. The molecule has 66 heavy (non-hydrogen) atoms. The van der Waals surface area contributed by atoms with Crippen molar-refractivity contribution in [2.45, 2.75) is 341 Å². The molecule has 0 radical (unpaired) electrons. The number of allylic oxidation sites excluding steroid dienone is 2. The highest BCUT2D eigenvalue weighted by atomic mass is 16.6. The summed E-state index contributed by atoms with van der Waals surface area (Å²) >= 11 is 0. The molecule has 0 spiro atoms. The third-order valence-corrected chi connectivity index (χ3v) is 13.5. The molecule has 0 N–H and O–H groups in total. The molecule has 0 aliphatic rings. The highest BCUT2D eigenvalue weighted by Gasteiger charge is 2.19. The van der Waals surface area contributed by atoms with E-state index in [0.717, 1.165) is 57.8 Å². The minimum atomic E-state index is -0.766. The number of carbonyl (C=O) groups is 3. The highest BCUT2D eigenvalue weighted by molar-refractivity contribution is 5.71. The fourth-order valence-corrected chi connectivity index (χ4v) is 9.03. The standard InChI is InChI=1S/C60H114O6/c1-4-7-10-13-16-19-22-25-28-30-32-35-38-41-44-47-50-53-59(62)65-56-57(55-64-58(61)52-49-46-43-40-37-34-27-24-21-18-15-12-9-6-3)66-60(63)54-51-48-45-42-39-36-33-31-29-26-23-20-17-14-11-8-5-2/h25,28,57H,4-24,26-27,29-56H2,1-3H3/b28-25-/t57-/m1/s1. The van der Waals surface area contributed by atoms with E-state index in [1.165, 1.54) is 238 Å². The molecule has 0 amide bonds. The Morgan fingerprint density at radius 2 is 0.500 bits per heavy atom. The number of unbranched alkanes of at least 4 members (excludes halogenated alkanes) is 42. The molecule has 1 atom stereocenters. The van der Waals surface area contributed by atoms with Crippen LogP contribution in [0.2, 0.25) is 0 Å². The molecular formula is C60H114O6. The molecule has 6 heteroatoms. The van der Waals surface area contributed by atoms with E-state index >= 15 is 0 Å². The van der Waals surface area contributed by atoms with Gasteiger partial charge in [0, 0.05) is 19.3 Å². The van der Waals surface area contributed by atoms with Gasteiger partial charge in [-0.25, -0.2) is 0 Å². The van der Waals surface area contributed by atoms with Gasteiger partial charge in [0.1, 0.15) is 13.2 Å². The number of hydrogen-bond donors (Lipinski definition) is 0. The molecule has 0 saturated carbocycles. The lowest BCUT2D eigenvalue weighted by Crippen LogP contribution is -2.30. The largest absolute Gasteiger partial charge is 0.462 e. The van der Waals surface area contributed by atoms with Gasteiger partial charge in [-0.2, -0.15) is 0 Å². The first kappa shape index (κ1) is 64.2. The molecule has 0 aliphatic carbocycles. The van der Waals surface area contributed by atoms with E-state index in [4.69, 9.17) is 14.2 Å². The van der Waals surface area contributed by atoms with Crippen LogP contribution in [-0.2, 0) is 28.6 Å². The van der Waals surface area contributed by atoms with Crippen LogP contribution in [0.1, 0.15) is 335 Å². The van der Waals surface area contributed by atoms with Crippen molar-refractivity contribution in [2.75, 3.05) is 13.2 Å².